The molecule has 2 nitrogen and oxygen atoms in total. The summed E-state index contributed by atoms with van der Waals surface area (Å²) in [5.74, 6) is -8.52. The van der Waals surface area contributed by atoms with Gasteiger partial charge in [0.1, 0.15) is 0 Å². The molecule has 34 heavy (non-hydrogen) atoms. The van der Waals surface area contributed by atoms with Gasteiger partial charge in [-0.2, -0.15) is 10.3 Å². The molecule has 0 saturated carbocycles. The van der Waals surface area contributed by atoms with Crippen LogP contribution in [0, 0.1) is 46.4 Å². The van der Waals surface area contributed by atoms with E-state index >= 15 is 0 Å². The Balaban J connectivity index is 1.65. The quantitative estimate of drug-likeness (QED) is 0.155. The average Bonchev–Trinajstić information content (AvgIpc) is 3.13. The van der Waals surface area contributed by atoms with Crippen molar-refractivity contribution in [2.45, 2.75) is 0 Å². The number of benzene rings is 4. The van der Waals surface area contributed by atoms with Crippen LogP contribution < -0.4 is 0 Å². The lowest BCUT2D eigenvalue weighted by Crippen LogP contribution is -1.99. The van der Waals surface area contributed by atoms with Gasteiger partial charge in [-0.1, -0.05) is 24.3 Å². The van der Waals surface area contributed by atoms with Gasteiger partial charge in [-0.15, -0.1) is 0 Å². The van der Waals surface area contributed by atoms with Crippen molar-refractivity contribution in [1.29, 1.82) is 5.26 Å². The van der Waals surface area contributed by atoms with E-state index < -0.39 is 34.9 Å². The third-order valence-corrected chi connectivity index (χ3v) is 5.64. The maximum Gasteiger partial charge on any atom is 0.206 e. The van der Waals surface area contributed by atoms with Gasteiger partial charge in [0.25, 0.3) is 0 Å². The van der Waals surface area contributed by atoms with Gasteiger partial charge < -0.3 is 0 Å². The van der Waals surface area contributed by atoms with E-state index in [0.717, 1.165) is 24.3 Å². The first-order valence-corrected chi connectivity index (χ1v) is 9.84. The van der Waals surface area contributed by atoms with E-state index in [1.807, 2.05) is 0 Å². The molecule has 4 aromatic rings. The van der Waals surface area contributed by atoms with Gasteiger partial charge in [0.05, 0.1) is 5.71 Å². The Morgan fingerprint density at radius 3 is 1.24 bits per heavy atom. The smallest absolute Gasteiger partial charge is 0.204 e. The van der Waals surface area contributed by atoms with Crippen molar-refractivity contribution in [2.75, 3.05) is 0 Å². The molecule has 5 rings (SSSR count). The van der Waals surface area contributed by atoms with Crippen molar-refractivity contribution in [1.82, 2.24) is 0 Å². The molecular weight excluding hydrogens is 454 g/mol. The van der Waals surface area contributed by atoms with Crippen LogP contribution in [0.2, 0.25) is 0 Å². The lowest BCUT2D eigenvalue weighted by Gasteiger charge is -2.07. The predicted octanol–water partition coefficient (Wildman–Crippen LogP) is 7.15. The Labute approximate surface area is 189 Å². The number of nitrogens with zero attached hydrogens (tertiary/aromatic N) is 2. The first-order valence-electron chi connectivity index (χ1n) is 9.84. The Kier molecular flexibility index (Phi) is 4.98. The number of rotatable bonds is 2. The summed E-state index contributed by atoms with van der Waals surface area (Å²) < 4.78 is 81.7. The summed E-state index contributed by atoms with van der Waals surface area (Å²) in [4.78, 5) is 3.88. The number of nitriles is 1. The van der Waals surface area contributed by atoms with Crippen LogP contribution in [-0.2, 0) is 0 Å². The second-order valence-electron chi connectivity index (χ2n) is 7.59. The fourth-order valence-corrected chi connectivity index (χ4v) is 4.07. The molecule has 8 heteroatoms. The van der Waals surface area contributed by atoms with Gasteiger partial charge in [-0.3, -0.25) is 0 Å². The van der Waals surface area contributed by atoms with Crippen LogP contribution in [0.1, 0.15) is 11.1 Å². The zero-order valence-corrected chi connectivity index (χ0v) is 16.9. The molecule has 4 aromatic carbocycles. The summed E-state index contributed by atoms with van der Waals surface area (Å²) in [7, 11) is 0. The van der Waals surface area contributed by atoms with Crippen LogP contribution in [0.3, 0.4) is 0 Å². The van der Waals surface area contributed by atoms with E-state index in [2.05, 4.69) is 4.99 Å². The fraction of sp³-hybridized carbons (Fsp3) is 0. The van der Waals surface area contributed by atoms with Crippen molar-refractivity contribution in [3.05, 3.63) is 107 Å². The van der Waals surface area contributed by atoms with E-state index in [1.165, 1.54) is 0 Å². The molecule has 1 aliphatic carbocycles. The third-order valence-electron chi connectivity index (χ3n) is 5.64. The Morgan fingerprint density at radius 1 is 0.500 bits per heavy atom. The summed E-state index contributed by atoms with van der Waals surface area (Å²) in [6.45, 7) is 0. The van der Waals surface area contributed by atoms with Crippen LogP contribution >= 0.6 is 0 Å². The molecule has 0 spiro atoms. The van der Waals surface area contributed by atoms with Crippen molar-refractivity contribution in [2.24, 2.45) is 4.99 Å². The highest BCUT2D eigenvalue weighted by atomic mass is 19.2. The van der Waals surface area contributed by atoms with E-state index in [9.17, 15) is 31.6 Å². The summed E-state index contributed by atoms with van der Waals surface area (Å²) in [6, 6.07) is 13.1. The van der Waals surface area contributed by atoms with Crippen molar-refractivity contribution in [3.63, 3.8) is 0 Å². The number of fused-ring (bicyclic) bond motifs is 3. The standard InChI is InChI=1S/C26H10F6N2/c27-20-7-14(8-21(28)24(20)31)12-1-3-16-17-4-2-13(15-9-22(29)25(32)23(30)10-15)6-19(17)26(34-11-33)18(16)5-12/h1-10H. The van der Waals surface area contributed by atoms with E-state index in [-0.39, 0.29) is 16.8 Å². The van der Waals surface area contributed by atoms with Crippen LogP contribution in [0.25, 0.3) is 33.4 Å². The monoisotopic (exact) mass is 464 g/mol. The number of halogens is 6. The highest BCUT2D eigenvalue weighted by molar-refractivity contribution is 6.25. The highest BCUT2D eigenvalue weighted by Crippen LogP contribution is 2.41. The summed E-state index contributed by atoms with van der Waals surface area (Å²) in [6.07, 6.45) is 1.71. The van der Waals surface area contributed by atoms with Crippen molar-refractivity contribution >= 4 is 5.71 Å². The molecule has 0 atom stereocenters. The molecule has 0 aliphatic heterocycles. The molecule has 0 bridgehead atoms. The summed E-state index contributed by atoms with van der Waals surface area (Å²) >= 11 is 0. The molecule has 0 fully saturated rings. The largest absolute Gasteiger partial charge is 0.206 e. The molecule has 0 aromatic heterocycles. The molecular formula is C26H10F6N2. The highest BCUT2D eigenvalue weighted by Gasteiger charge is 2.27. The van der Waals surface area contributed by atoms with E-state index in [4.69, 9.17) is 0 Å². The molecule has 0 N–H and O–H groups in total. The minimum atomic E-state index is -1.58. The van der Waals surface area contributed by atoms with Crippen molar-refractivity contribution < 1.29 is 26.3 Å². The number of hydrogen-bond acceptors (Lipinski definition) is 2. The SMILES string of the molecule is N#CN=C1c2cc(-c3cc(F)c(F)c(F)c3)ccc2-c2ccc(-c3cc(F)c(F)c(F)c3)cc21. The van der Waals surface area contributed by atoms with Crippen molar-refractivity contribution in [3.8, 4) is 39.6 Å². The minimum Gasteiger partial charge on any atom is -0.204 e. The lowest BCUT2D eigenvalue weighted by atomic mass is 9.98. The maximum absolute atomic E-state index is 13.7. The molecule has 0 saturated heterocycles. The first kappa shape index (κ1) is 21.5. The van der Waals surface area contributed by atoms with Crippen LogP contribution in [-0.4, -0.2) is 5.71 Å². The maximum atomic E-state index is 13.7. The topological polar surface area (TPSA) is 36.1 Å². The van der Waals surface area contributed by atoms with Gasteiger partial charge in [-0.25, -0.2) is 26.3 Å². The molecule has 0 amide bonds. The van der Waals surface area contributed by atoms with E-state index in [1.54, 1.807) is 42.6 Å². The van der Waals surface area contributed by atoms with Gasteiger partial charge in [0, 0.05) is 11.1 Å². The van der Waals surface area contributed by atoms with Crippen LogP contribution in [0.15, 0.2) is 65.7 Å². The molecule has 1 aliphatic rings. The Morgan fingerprint density at radius 2 is 0.882 bits per heavy atom. The lowest BCUT2D eigenvalue weighted by molar-refractivity contribution is 0.447. The molecule has 0 radical (unpaired) electrons. The Bertz CT molecular complexity index is 1430. The summed E-state index contributed by atoms with van der Waals surface area (Å²) in [5.41, 5.74) is 3.42. The van der Waals surface area contributed by atoms with Gasteiger partial charge >= 0.3 is 0 Å². The second-order valence-corrected chi connectivity index (χ2v) is 7.59. The van der Waals surface area contributed by atoms with Crippen LogP contribution in [0.4, 0.5) is 26.3 Å². The summed E-state index contributed by atoms with van der Waals surface area (Å²) in [5, 5.41) is 9.24. The van der Waals surface area contributed by atoms with Gasteiger partial charge in [-0.05, 0) is 69.8 Å². The molecule has 166 valence electrons. The zero-order valence-electron chi connectivity index (χ0n) is 16.9. The average molecular weight is 464 g/mol. The molecule has 0 heterocycles. The fourth-order valence-electron chi connectivity index (χ4n) is 4.07. The second kappa shape index (κ2) is 7.89. The molecule has 0 unspecified atom stereocenters. The van der Waals surface area contributed by atoms with Crippen LogP contribution in [0.5, 0.6) is 0 Å². The van der Waals surface area contributed by atoms with E-state index in [0.29, 0.717) is 33.4 Å². The zero-order chi connectivity index (χ0) is 24.1. The number of aliphatic imine (C=N–C) groups is 1. The Hall–Kier alpha value is -4.38. The van der Waals surface area contributed by atoms with Gasteiger partial charge in [0.15, 0.2) is 34.9 Å². The predicted molar refractivity (Wildman–Crippen MR) is 114 cm³/mol. The van der Waals surface area contributed by atoms with Gasteiger partial charge in [0.2, 0.25) is 6.19 Å². The third kappa shape index (κ3) is 3.33. The normalized spacial score (nSPS) is 11.7. The minimum absolute atomic E-state index is 0.0874. The number of hydrogen-bond donors (Lipinski definition) is 0. The first-order chi connectivity index (χ1) is 16.3.